The Kier molecular flexibility index (Phi) is 5.89. The summed E-state index contributed by atoms with van der Waals surface area (Å²) in [6.07, 6.45) is 0.431. The van der Waals surface area contributed by atoms with E-state index in [0.29, 0.717) is 12.3 Å². The Balaban J connectivity index is 4.23. The van der Waals surface area contributed by atoms with E-state index in [1.165, 1.54) is 0 Å². The molecule has 0 heterocycles. The number of rotatable bonds is 6. The molecule has 2 N–H and O–H groups in total. The summed E-state index contributed by atoms with van der Waals surface area (Å²) in [6.45, 7) is 7.13. The van der Waals surface area contributed by atoms with Crippen LogP contribution in [0, 0.1) is 17.2 Å². The van der Waals surface area contributed by atoms with Crippen molar-refractivity contribution in [3.8, 4) is 6.07 Å². The van der Waals surface area contributed by atoms with Crippen LogP contribution in [0.15, 0.2) is 0 Å². The molecule has 80 valence electrons. The highest BCUT2D eigenvalue weighted by molar-refractivity contribution is 5.75. The van der Waals surface area contributed by atoms with E-state index in [0.717, 1.165) is 6.54 Å². The van der Waals surface area contributed by atoms with E-state index in [1.807, 2.05) is 11.8 Å². The van der Waals surface area contributed by atoms with E-state index >= 15 is 0 Å². The topological polar surface area (TPSA) is 70.1 Å². The molecule has 0 aliphatic carbocycles. The number of carbonyl (C=O) groups excluding carboxylic acids is 1. The van der Waals surface area contributed by atoms with E-state index in [9.17, 15) is 4.79 Å². The van der Waals surface area contributed by atoms with Gasteiger partial charge < -0.3 is 5.73 Å². The summed E-state index contributed by atoms with van der Waals surface area (Å²) in [7, 11) is 0. The molecule has 0 saturated carbocycles. The molecule has 0 fully saturated rings. The van der Waals surface area contributed by atoms with Gasteiger partial charge in [0.1, 0.15) is 0 Å². The smallest absolute Gasteiger partial charge is 0.231 e. The summed E-state index contributed by atoms with van der Waals surface area (Å²) in [5.41, 5.74) is 5.14. The average molecular weight is 197 g/mol. The minimum absolute atomic E-state index is 0.0925. The maximum atomic E-state index is 10.8. The first-order valence-electron chi connectivity index (χ1n) is 4.86. The summed E-state index contributed by atoms with van der Waals surface area (Å²) < 4.78 is 0. The Hall–Kier alpha value is -1.08. The van der Waals surface area contributed by atoms with E-state index in [1.54, 1.807) is 0 Å². The normalized spacial score (nSPS) is 12.9. The van der Waals surface area contributed by atoms with Crippen LogP contribution in [0.4, 0.5) is 0 Å². The first-order valence-corrected chi connectivity index (χ1v) is 4.86. The van der Waals surface area contributed by atoms with Crippen molar-refractivity contribution in [2.24, 2.45) is 11.7 Å². The molecular formula is C10H19N3O. The molecule has 4 heteroatoms. The Bertz CT molecular complexity index is 220. The molecule has 14 heavy (non-hydrogen) atoms. The third-order valence-corrected chi connectivity index (χ3v) is 1.97. The highest BCUT2D eigenvalue weighted by Crippen LogP contribution is 2.06. The lowest BCUT2D eigenvalue weighted by atomic mass is 10.1. The Morgan fingerprint density at radius 3 is 2.43 bits per heavy atom. The highest BCUT2D eigenvalue weighted by atomic mass is 16.1. The van der Waals surface area contributed by atoms with Gasteiger partial charge in [-0.2, -0.15) is 5.26 Å². The summed E-state index contributed by atoms with van der Waals surface area (Å²) in [5.74, 6) is 0.130. The first-order chi connectivity index (χ1) is 6.47. The van der Waals surface area contributed by atoms with Crippen molar-refractivity contribution in [3.63, 3.8) is 0 Å². The maximum Gasteiger partial charge on any atom is 0.231 e. The molecule has 0 aromatic carbocycles. The van der Waals surface area contributed by atoms with Crippen LogP contribution >= 0.6 is 0 Å². The largest absolute Gasteiger partial charge is 0.369 e. The van der Waals surface area contributed by atoms with Crippen LogP contribution in [0.1, 0.15) is 27.2 Å². The van der Waals surface area contributed by atoms with Crippen LogP contribution in [0.2, 0.25) is 0 Å². The van der Waals surface area contributed by atoms with Crippen LogP contribution in [0.3, 0.4) is 0 Å². The number of nitrogens with zero attached hydrogens (tertiary/aromatic N) is 2. The van der Waals surface area contributed by atoms with Gasteiger partial charge in [0.25, 0.3) is 0 Å². The molecule has 0 aliphatic heterocycles. The summed E-state index contributed by atoms with van der Waals surface area (Å²) in [6, 6.07) is 2.19. The Labute approximate surface area is 85.7 Å². The summed E-state index contributed by atoms with van der Waals surface area (Å²) >= 11 is 0. The van der Waals surface area contributed by atoms with Gasteiger partial charge in [-0.1, -0.05) is 13.8 Å². The Morgan fingerprint density at radius 2 is 2.07 bits per heavy atom. The zero-order valence-corrected chi connectivity index (χ0v) is 9.16. The SMILES string of the molecule is CC(C)CN(CC(N)=O)C(C)CC#N. The first kappa shape index (κ1) is 12.9. The van der Waals surface area contributed by atoms with Gasteiger partial charge in [-0.05, 0) is 12.8 Å². The average Bonchev–Trinajstić information content (AvgIpc) is 2.01. The minimum atomic E-state index is -0.338. The molecule has 0 aromatic rings. The van der Waals surface area contributed by atoms with Gasteiger partial charge in [0.05, 0.1) is 19.0 Å². The van der Waals surface area contributed by atoms with E-state index < -0.39 is 0 Å². The molecule has 0 aliphatic rings. The van der Waals surface area contributed by atoms with E-state index in [-0.39, 0.29) is 18.5 Å². The number of hydrogen-bond donors (Lipinski definition) is 1. The fourth-order valence-electron chi connectivity index (χ4n) is 1.33. The van der Waals surface area contributed by atoms with Crippen LogP contribution in [0.25, 0.3) is 0 Å². The van der Waals surface area contributed by atoms with Crippen molar-refractivity contribution in [2.75, 3.05) is 13.1 Å². The van der Waals surface area contributed by atoms with Crippen LogP contribution in [0.5, 0.6) is 0 Å². The molecular weight excluding hydrogens is 178 g/mol. The second kappa shape index (κ2) is 6.39. The van der Waals surface area contributed by atoms with Crippen molar-refractivity contribution in [1.82, 2.24) is 4.90 Å². The van der Waals surface area contributed by atoms with Gasteiger partial charge in [-0.15, -0.1) is 0 Å². The number of amides is 1. The monoisotopic (exact) mass is 197 g/mol. The fourth-order valence-corrected chi connectivity index (χ4v) is 1.33. The molecule has 0 radical (unpaired) electrons. The molecule has 0 aromatic heterocycles. The highest BCUT2D eigenvalue weighted by Gasteiger charge is 2.16. The standard InChI is InChI=1S/C10H19N3O/c1-8(2)6-13(7-10(12)14)9(3)4-5-11/h8-9H,4,6-7H2,1-3H3,(H2,12,14). The van der Waals surface area contributed by atoms with Crippen LogP contribution in [-0.4, -0.2) is 29.9 Å². The predicted molar refractivity (Wildman–Crippen MR) is 55.3 cm³/mol. The maximum absolute atomic E-state index is 10.8. The third kappa shape index (κ3) is 5.55. The lowest BCUT2D eigenvalue weighted by Gasteiger charge is -2.27. The third-order valence-electron chi connectivity index (χ3n) is 1.97. The molecule has 4 nitrogen and oxygen atoms in total. The molecule has 1 unspecified atom stereocenters. The Morgan fingerprint density at radius 1 is 1.50 bits per heavy atom. The van der Waals surface area contributed by atoms with Gasteiger partial charge in [-0.3, -0.25) is 9.69 Å². The molecule has 0 spiro atoms. The molecule has 0 rings (SSSR count). The van der Waals surface area contributed by atoms with Crippen molar-refractivity contribution < 1.29 is 4.79 Å². The van der Waals surface area contributed by atoms with Gasteiger partial charge in [0, 0.05) is 12.6 Å². The lowest BCUT2D eigenvalue weighted by Crippen LogP contribution is -2.41. The van der Waals surface area contributed by atoms with Crippen molar-refractivity contribution in [3.05, 3.63) is 0 Å². The van der Waals surface area contributed by atoms with Crippen LogP contribution < -0.4 is 5.73 Å². The van der Waals surface area contributed by atoms with Gasteiger partial charge in [-0.25, -0.2) is 0 Å². The molecule has 1 atom stereocenters. The molecule has 0 bridgehead atoms. The van der Waals surface area contributed by atoms with Gasteiger partial charge in [0.15, 0.2) is 0 Å². The van der Waals surface area contributed by atoms with Crippen LogP contribution in [-0.2, 0) is 4.79 Å². The summed E-state index contributed by atoms with van der Waals surface area (Å²) in [4.78, 5) is 12.8. The van der Waals surface area contributed by atoms with Crippen molar-refractivity contribution >= 4 is 5.91 Å². The minimum Gasteiger partial charge on any atom is -0.369 e. The van der Waals surface area contributed by atoms with E-state index in [4.69, 9.17) is 11.0 Å². The predicted octanol–water partition coefficient (Wildman–Crippen LogP) is 0.732. The second-order valence-electron chi connectivity index (χ2n) is 4.00. The zero-order valence-electron chi connectivity index (χ0n) is 9.16. The molecule has 0 saturated heterocycles. The summed E-state index contributed by atoms with van der Waals surface area (Å²) in [5, 5.41) is 8.56. The quantitative estimate of drug-likeness (QED) is 0.682. The van der Waals surface area contributed by atoms with Gasteiger partial charge in [0.2, 0.25) is 5.91 Å². The number of carbonyl (C=O) groups is 1. The number of nitrogens with two attached hydrogens (primary N) is 1. The van der Waals surface area contributed by atoms with Crippen molar-refractivity contribution in [2.45, 2.75) is 33.2 Å². The second-order valence-corrected chi connectivity index (χ2v) is 4.00. The number of primary amides is 1. The molecule has 1 amide bonds. The number of hydrogen-bond acceptors (Lipinski definition) is 3. The van der Waals surface area contributed by atoms with E-state index in [2.05, 4.69) is 19.9 Å². The fraction of sp³-hybridized carbons (Fsp3) is 0.800. The lowest BCUT2D eigenvalue weighted by molar-refractivity contribution is -0.119. The number of nitriles is 1. The zero-order chi connectivity index (χ0) is 11.1. The van der Waals surface area contributed by atoms with Crippen molar-refractivity contribution in [1.29, 1.82) is 5.26 Å². The van der Waals surface area contributed by atoms with Gasteiger partial charge >= 0.3 is 0 Å².